The average molecular weight is 347 g/mol. The van der Waals surface area contributed by atoms with Gasteiger partial charge in [-0.2, -0.15) is 0 Å². The zero-order valence-corrected chi connectivity index (χ0v) is 14.1. The van der Waals surface area contributed by atoms with Gasteiger partial charge in [0.1, 0.15) is 23.0 Å². The first kappa shape index (κ1) is 16.4. The van der Waals surface area contributed by atoms with E-state index in [4.69, 9.17) is 17.3 Å². The van der Waals surface area contributed by atoms with Crippen molar-refractivity contribution in [1.29, 1.82) is 0 Å². The molecule has 24 heavy (non-hydrogen) atoms. The van der Waals surface area contributed by atoms with Crippen LogP contribution in [0.15, 0.2) is 24.5 Å². The predicted octanol–water partition coefficient (Wildman–Crippen LogP) is 2.27. The van der Waals surface area contributed by atoms with Gasteiger partial charge in [-0.05, 0) is 31.9 Å². The molecule has 3 rings (SSSR count). The van der Waals surface area contributed by atoms with Crippen LogP contribution in [-0.2, 0) is 4.79 Å². The van der Waals surface area contributed by atoms with Gasteiger partial charge in [-0.25, -0.2) is 15.0 Å². The van der Waals surface area contributed by atoms with E-state index >= 15 is 0 Å². The first-order chi connectivity index (χ1) is 11.5. The molecule has 1 amide bonds. The highest BCUT2D eigenvalue weighted by atomic mass is 35.5. The van der Waals surface area contributed by atoms with E-state index in [2.05, 4.69) is 20.3 Å². The van der Waals surface area contributed by atoms with Crippen molar-refractivity contribution in [3.63, 3.8) is 0 Å². The Morgan fingerprint density at radius 2 is 2.25 bits per heavy atom. The molecule has 1 saturated heterocycles. The number of hydrogen-bond acceptors (Lipinski definition) is 6. The van der Waals surface area contributed by atoms with Crippen molar-refractivity contribution in [3.05, 3.63) is 35.2 Å². The third-order valence-corrected chi connectivity index (χ3v) is 4.39. The van der Waals surface area contributed by atoms with Crippen LogP contribution in [0.2, 0.25) is 5.02 Å². The number of nitrogens with zero attached hydrogens (tertiary/aromatic N) is 4. The first-order valence-electron chi connectivity index (χ1n) is 7.80. The SMILES string of the molecule is Cc1cccc(NC(=O)[C@@H]2CCCN(c3ncnc(N)c3Cl)C2)n1. The molecule has 0 radical (unpaired) electrons. The second-order valence-corrected chi connectivity index (χ2v) is 6.21. The van der Waals surface area contributed by atoms with Crippen molar-refractivity contribution in [1.82, 2.24) is 15.0 Å². The Morgan fingerprint density at radius 3 is 3.04 bits per heavy atom. The van der Waals surface area contributed by atoms with Gasteiger partial charge in [0.05, 0.1) is 5.92 Å². The smallest absolute Gasteiger partial charge is 0.230 e. The fourth-order valence-corrected chi connectivity index (χ4v) is 3.04. The van der Waals surface area contributed by atoms with Gasteiger partial charge in [0.2, 0.25) is 5.91 Å². The molecule has 2 aromatic heterocycles. The van der Waals surface area contributed by atoms with E-state index in [-0.39, 0.29) is 17.6 Å². The van der Waals surface area contributed by atoms with Crippen molar-refractivity contribution in [3.8, 4) is 0 Å². The number of carbonyl (C=O) groups excluding carboxylic acids is 1. The quantitative estimate of drug-likeness (QED) is 0.884. The molecule has 7 nitrogen and oxygen atoms in total. The summed E-state index contributed by atoms with van der Waals surface area (Å²) in [7, 11) is 0. The molecule has 8 heteroatoms. The number of amides is 1. The van der Waals surface area contributed by atoms with E-state index in [1.165, 1.54) is 6.33 Å². The molecule has 1 aliphatic rings. The van der Waals surface area contributed by atoms with E-state index < -0.39 is 0 Å². The van der Waals surface area contributed by atoms with Crippen LogP contribution in [0.5, 0.6) is 0 Å². The highest BCUT2D eigenvalue weighted by molar-refractivity contribution is 6.35. The maximum absolute atomic E-state index is 12.5. The minimum absolute atomic E-state index is 0.0454. The molecule has 0 aromatic carbocycles. The number of nitrogen functional groups attached to an aromatic ring is 1. The van der Waals surface area contributed by atoms with Crippen LogP contribution in [0.1, 0.15) is 18.5 Å². The molecular formula is C16H19ClN6O. The highest BCUT2D eigenvalue weighted by Gasteiger charge is 2.28. The van der Waals surface area contributed by atoms with Crippen molar-refractivity contribution < 1.29 is 4.79 Å². The predicted molar refractivity (Wildman–Crippen MR) is 94.0 cm³/mol. The number of piperidine rings is 1. The Labute approximate surface area is 145 Å². The van der Waals surface area contributed by atoms with E-state index in [0.717, 1.165) is 25.1 Å². The van der Waals surface area contributed by atoms with Crippen LogP contribution in [-0.4, -0.2) is 33.9 Å². The summed E-state index contributed by atoms with van der Waals surface area (Å²) in [5.41, 5.74) is 6.60. The summed E-state index contributed by atoms with van der Waals surface area (Å²) in [6.07, 6.45) is 3.07. The Kier molecular flexibility index (Phi) is 4.80. The molecule has 1 fully saturated rings. The third kappa shape index (κ3) is 3.56. The average Bonchev–Trinajstić information content (AvgIpc) is 2.57. The monoisotopic (exact) mass is 346 g/mol. The standard InChI is InChI=1S/C16H19ClN6O/c1-10-4-2-6-12(21-10)22-16(24)11-5-3-7-23(8-11)15-13(17)14(18)19-9-20-15/h2,4,6,9,11H,3,5,7-8H2,1H3,(H2,18,19,20)(H,21,22,24)/t11-/m1/s1. The summed E-state index contributed by atoms with van der Waals surface area (Å²) in [5, 5.41) is 3.22. The Bertz CT molecular complexity index is 753. The number of rotatable bonds is 3. The first-order valence-corrected chi connectivity index (χ1v) is 8.18. The number of nitrogens with one attached hydrogen (secondary N) is 1. The van der Waals surface area contributed by atoms with Crippen LogP contribution in [0.4, 0.5) is 17.5 Å². The van der Waals surface area contributed by atoms with Crippen molar-refractivity contribution in [2.75, 3.05) is 29.0 Å². The van der Waals surface area contributed by atoms with E-state index in [1.54, 1.807) is 6.07 Å². The fourth-order valence-electron chi connectivity index (χ4n) is 2.82. The van der Waals surface area contributed by atoms with Gasteiger partial charge >= 0.3 is 0 Å². The molecule has 0 saturated carbocycles. The molecule has 126 valence electrons. The number of anilines is 3. The Morgan fingerprint density at radius 1 is 1.42 bits per heavy atom. The zero-order chi connectivity index (χ0) is 17.1. The van der Waals surface area contributed by atoms with Gasteiger partial charge in [-0.3, -0.25) is 4.79 Å². The summed E-state index contributed by atoms with van der Waals surface area (Å²) in [5.74, 6) is 1.19. The molecule has 3 N–H and O–H groups in total. The Balaban J connectivity index is 1.71. The molecule has 1 aliphatic heterocycles. The van der Waals surface area contributed by atoms with Crippen LogP contribution in [0.25, 0.3) is 0 Å². The zero-order valence-electron chi connectivity index (χ0n) is 13.4. The number of hydrogen-bond donors (Lipinski definition) is 2. The molecule has 0 spiro atoms. The van der Waals surface area contributed by atoms with Crippen LogP contribution in [0, 0.1) is 12.8 Å². The lowest BCUT2D eigenvalue weighted by atomic mass is 9.97. The molecule has 0 bridgehead atoms. The van der Waals surface area contributed by atoms with E-state index in [1.807, 2.05) is 24.0 Å². The highest BCUT2D eigenvalue weighted by Crippen LogP contribution is 2.30. The second kappa shape index (κ2) is 7.00. The summed E-state index contributed by atoms with van der Waals surface area (Å²) in [6.45, 7) is 3.20. The molecule has 0 aliphatic carbocycles. The summed E-state index contributed by atoms with van der Waals surface area (Å²) >= 11 is 6.20. The topological polar surface area (TPSA) is 97.0 Å². The number of nitrogens with two attached hydrogens (primary N) is 1. The molecule has 1 atom stereocenters. The fraction of sp³-hybridized carbons (Fsp3) is 0.375. The number of pyridine rings is 1. The van der Waals surface area contributed by atoms with Crippen LogP contribution >= 0.6 is 11.6 Å². The summed E-state index contributed by atoms with van der Waals surface area (Å²) in [6, 6.07) is 5.54. The Hall–Kier alpha value is -2.41. The van der Waals surface area contributed by atoms with Crippen molar-refractivity contribution in [2.45, 2.75) is 19.8 Å². The van der Waals surface area contributed by atoms with E-state index in [0.29, 0.717) is 23.2 Å². The maximum Gasteiger partial charge on any atom is 0.230 e. The molecule has 3 heterocycles. The normalized spacial score (nSPS) is 17.6. The van der Waals surface area contributed by atoms with Gasteiger partial charge < -0.3 is 16.0 Å². The summed E-state index contributed by atoms with van der Waals surface area (Å²) in [4.78, 5) is 26.9. The van der Waals surface area contributed by atoms with Gasteiger partial charge in [-0.1, -0.05) is 17.7 Å². The lowest BCUT2D eigenvalue weighted by Gasteiger charge is -2.33. The van der Waals surface area contributed by atoms with Crippen molar-refractivity contribution in [2.24, 2.45) is 5.92 Å². The third-order valence-electron chi connectivity index (χ3n) is 4.03. The second-order valence-electron chi connectivity index (χ2n) is 5.84. The van der Waals surface area contributed by atoms with Gasteiger partial charge in [0, 0.05) is 18.8 Å². The van der Waals surface area contributed by atoms with E-state index in [9.17, 15) is 4.79 Å². The number of halogens is 1. The molecule has 2 aromatic rings. The minimum atomic E-state index is -0.159. The maximum atomic E-state index is 12.5. The number of aromatic nitrogens is 3. The van der Waals surface area contributed by atoms with Crippen LogP contribution < -0.4 is 16.0 Å². The lowest BCUT2D eigenvalue weighted by Crippen LogP contribution is -2.41. The minimum Gasteiger partial charge on any atom is -0.382 e. The lowest BCUT2D eigenvalue weighted by molar-refractivity contribution is -0.120. The largest absolute Gasteiger partial charge is 0.382 e. The summed E-state index contributed by atoms with van der Waals surface area (Å²) < 4.78 is 0. The number of carbonyl (C=O) groups is 1. The van der Waals surface area contributed by atoms with Gasteiger partial charge in [-0.15, -0.1) is 0 Å². The molecular weight excluding hydrogens is 328 g/mol. The number of aryl methyl sites for hydroxylation is 1. The van der Waals surface area contributed by atoms with Gasteiger partial charge in [0.15, 0.2) is 5.82 Å². The molecule has 0 unspecified atom stereocenters. The van der Waals surface area contributed by atoms with Crippen molar-refractivity contribution >= 4 is 35.0 Å². The van der Waals surface area contributed by atoms with Crippen LogP contribution in [0.3, 0.4) is 0 Å². The van der Waals surface area contributed by atoms with Gasteiger partial charge in [0.25, 0.3) is 0 Å².